The number of hydrogen-bond donors (Lipinski definition) is 2. The van der Waals surface area contributed by atoms with Gasteiger partial charge in [-0.25, -0.2) is 4.79 Å². The molecular weight excluding hydrogens is 346 g/mol. The van der Waals surface area contributed by atoms with Crippen LogP contribution in [0.5, 0.6) is 0 Å². The molecule has 1 aliphatic heterocycles. The molecule has 6 nitrogen and oxygen atoms in total. The van der Waals surface area contributed by atoms with E-state index in [-0.39, 0.29) is 12.1 Å². The van der Waals surface area contributed by atoms with Crippen LogP contribution in [0, 0.1) is 0 Å². The SMILES string of the molecule is C[C@H](NC(=O)NCc1nnc2n1CCC2)c1ccc(Br)cc1. The fourth-order valence-corrected chi connectivity index (χ4v) is 2.85. The van der Waals surface area contributed by atoms with E-state index in [0.29, 0.717) is 6.54 Å². The number of urea groups is 1. The van der Waals surface area contributed by atoms with Gasteiger partial charge in [-0.1, -0.05) is 28.1 Å². The molecule has 22 heavy (non-hydrogen) atoms. The molecule has 0 spiro atoms. The summed E-state index contributed by atoms with van der Waals surface area (Å²) in [5, 5.41) is 14.0. The van der Waals surface area contributed by atoms with E-state index in [1.165, 1.54) is 0 Å². The minimum absolute atomic E-state index is 0.0581. The minimum atomic E-state index is -0.203. The van der Waals surface area contributed by atoms with Crippen LogP contribution in [0.1, 0.15) is 36.6 Å². The Morgan fingerprint density at radius 3 is 2.91 bits per heavy atom. The third-order valence-corrected chi connectivity index (χ3v) is 4.34. The third-order valence-electron chi connectivity index (χ3n) is 3.81. The Morgan fingerprint density at radius 1 is 1.36 bits per heavy atom. The quantitative estimate of drug-likeness (QED) is 0.876. The fourth-order valence-electron chi connectivity index (χ4n) is 2.58. The number of benzene rings is 1. The molecule has 0 saturated heterocycles. The normalized spacial score (nSPS) is 14.5. The van der Waals surface area contributed by atoms with Gasteiger partial charge in [0.05, 0.1) is 12.6 Å². The Balaban J connectivity index is 1.53. The lowest BCUT2D eigenvalue weighted by Gasteiger charge is -2.15. The van der Waals surface area contributed by atoms with Crippen LogP contribution in [0.2, 0.25) is 0 Å². The molecule has 2 N–H and O–H groups in total. The first kappa shape index (κ1) is 15.0. The van der Waals surface area contributed by atoms with Gasteiger partial charge in [-0.05, 0) is 31.0 Å². The zero-order chi connectivity index (χ0) is 15.5. The fraction of sp³-hybridized carbons (Fsp3) is 0.400. The molecule has 1 aromatic heterocycles. The maximum Gasteiger partial charge on any atom is 0.315 e. The summed E-state index contributed by atoms with van der Waals surface area (Å²) < 4.78 is 3.10. The van der Waals surface area contributed by atoms with Crippen molar-refractivity contribution < 1.29 is 4.79 Å². The molecule has 0 aliphatic carbocycles. The summed E-state index contributed by atoms with van der Waals surface area (Å²) in [6, 6.07) is 7.64. The van der Waals surface area contributed by atoms with Crippen molar-refractivity contribution in [2.24, 2.45) is 0 Å². The van der Waals surface area contributed by atoms with E-state index >= 15 is 0 Å². The van der Waals surface area contributed by atoms with Crippen LogP contribution >= 0.6 is 15.9 Å². The summed E-state index contributed by atoms with van der Waals surface area (Å²) >= 11 is 3.40. The third kappa shape index (κ3) is 3.30. The van der Waals surface area contributed by atoms with Crippen molar-refractivity contribution in [3.63, 3.8) is 0 Å². The smallest absolute Gasteiger partial charge is 0.315 e. The maximum atomic E-state index is 12.0. The molecule has 1 aromatic carbocycles. The van der Waals surface area contributed by atoms with Crippen LogP contribution in [0.25, 0.3) is 0 Å². The van der Waals surface area contributed by atoms with Crippen molar-refractivity contribution in [3.05, 3.63) is 46.0 Å². The zero-order valence-corrected chi connectivity index (χ0v) is 13.9. The second-order valence-electron chi connectivity index (χ2n) is 5.39. The van der Waals surface area contributed by atoms with E-state index in [9.17, 15) is 4.79 Å². The summed E-state index contributed by atoms with van der Waals surface area (Å²) in [6.45, 7) is 3.29. The number of rotatable bonds is 4. The highest BCUT2D eigenvalue weighted by atomic mass is 79.9. The van der Waals surface area contributed by atoms with E-state index in [2.05, 4.69) is 41.3 Å². The highest BCUT2D eigenvalue weighted by Gasteiger charge is 2.17. The second kappa shape index (κ2) is 6.48. The van der Waals surface area contributed by atoms with Crippen molar-refractivity contribution in [2.75, 3.05) is 0 Å². The van der Waals surface area contributed by atoms with E-state index in [4.69, 9.17) is 0 Å². The highest BCUT2D eigenvalue weighted by molar-refractivity contribution is 9.10. The largest absolute Gasteiger partial charge is 0.332 e. The van der Waals surface area contributed by atoms with Crippen LogP contribution < -0.4 is 10.6 Å². The number of fused-ring (bicyclic) bond motifs is 1. The first-order chi connectivity index (χ1) is 10.6. The molecule has 1 aliphatic rings. The Kier molecular flexibility index (Phi) is 4.42. The van der Waals surface area contributed by atoms with Gasteiger partial charge in [0.25, 0.3) is 0 Å². The highest BCUT2D eigenvalue weighted by Crippen LogP contribution is 2.16. The van der Waals surface area contributed by atoms with E-state index in [1.54, 1.807) is 0 Å². The van der Waals surface area contributed by atoms with Gasteiger partial charge in [0.1, 0.15) is 5.82 Å². The van der Waals surface area contributed by atoms with Crippen LogP contribution in [-0.4, -0.2) is 20.8 Å². The summed E-state index contributed by atoms with van der Waals surface area (Å²) in [6.07, 6.45) is 2.07. The van der Waals surface area contributed by atoms with Crippen LogP contribution in [-0.2, 0) is 19.5 Å². The second-order valence-corrected chi connectivity index (χ2v) is 6.30. The Bertz CT molecular complexity index is 667. The van der Waals surface area contributed by atoms with Gasteiger partial charge >= 0.3 is 6.03 Å². The van der Waals surface area contributed by atoms with Crippen LogP contribution in [0.4, 0.5) is 4.79 Å². The average molecular weight is 364 g/mol. The molecule has 2 amide bonds. The average Bonchev–Trinajstić information content (AvgIpc) is 3.09. The number of hydrogen-bond acceptors (Lipinski definition) is 3. The molecule has 0 radical (unpaired) electrons. The van der Waals surface area contributed by atoms with Gasteiger partial charge in [0.15, 0.2) is 5.82 Å². The Morgan fingerprint density at radius 2 is 2.14 bits per heavy atom. The van der Waals surface area contributed by atoms with Gasteiger partial charge in [-0.15, -0.1) is 10.2 Å². The first-order valence-electron chi connectivity index (χ1n) is 7.34. The van der Waals surface area contributed by atoms with E-state index in [1.807, 2.05) is 31.2 Å². The monoisotopic (exact) mass is 363 g/mol. The van der Waals surface area contributed by atoms with Crippen molar-refractivity contribution in [1.29, 1.82) is 0 Å². The molecular formula is C15H18BrN5O. The van der Waals surface area contributed by atoms with Gasteiger partial charge in [0, 0.05) is 17.4 Å². The lowest BCUT2D eigenvalue weighted by molar-refractivity contribution is 0.237. The molecule has 0 unspecified atom stereocenters. The topological polar surface area (TPSA) is 71.8 Å². The number of carbonyl (C=O) groups is 1. The molecule has 3 rings (SSSR count). The molecule has 2 aromatic rings. The molecule has 0 bridgehead atoms. The molecule has 2 heterocycles. The standard InChI is InChI=1S/C15H18BrN5O/c1-10(11-4-6-12(16)7-5-11)18-15(22)17-9-14-20-19-13-3-2-8-21(13)14/h4-7,10H,2-3,8-9H2,1H3,(H2,17,18,22)/t10-/m0/s1. The lowest BCUT2D eigenvalue weighted by Crippen LogP contribution is -2.37. The lowest BCUT2D eigenvalue weighted by atomic mass is 10.1. The zero-order valence-electron chi connectivity index (χ0n) is 12.3. The number of nitrogens with zero attached hydrogens (tertiary/aromatic N) is 3. The number of amides is 2. The molecule has 7 heteroatoms. The minimum Gasteiger partial charge on any atom is -0.332 e. The van der Waals surface area contributed by atoms with Crippen molar-refractivity contribution >= 4 is 22.0 Å². The summed E-state index contributed by atoms with van der Waals surface area (Å²) in [4.78, 5) is 12.0. The number of aryl methyl sites for hydroxylation is 1. The van der Waals surface area contributed by atoms with Crippen molar-refractivity contribution in [3.8, 4) is 0 Å². The summed E-state index contributed by atoms with van der Waals surface area (Å²) in [7, 11) is 0. The maximum absolute atomic E-state index is 12.0. The van der Waals surface area contributed by atoms with Gasteiger partial charge < -0.3 is 15.2 Å². The predicted molar refractivity (Wildman–Crippen MR) is 86.3 cm³/mol. The van der Waals surface area contributed by atoms with Gasteiger partial charge in [0.2, 0.25) is 0 Å². The molecule has 0 fully saturated rings. The number of aromatic nitrogens is 3. The molecule has 1 atom stereocenters. The number of nitrogens with one attached hydrogen (secondary N) is 2. The Labute approximate surface area is 137 Å². The van der Waals surface area contributed by atoms with Crippen molar-refractivity contribution in [2.45, 2.75) is 38.9 Å². The summed E-state index contributed by atoms with van der Waals surface area (Å²) in [5.74, 6) is 1.83. The molecule has 116 valence electrons. The van der Waals surface area contributed by atoms with Crippen LogP contribution in [0.15, 0.2) is 28.7 Å². The van der Waals surface area contributed by atoms with Crippen LogP contribution in [0.3, 0.4) is 0 Å². The summed E-state index contributed by atoms with van der Waals surface area (Å²) in [5.41, 5.74) is 1.06. The number of halogens is 1. The Hall–Kier alpha value is -1.89. The predicted octanol–water partition coefficient (Wildman–Crippen LogP) is 2.55. The molecule has 0 saturated carbocycles. The number of carbonyl (C=O) groups excluding carboxylic acids is 1. The van der Waals surface area contributed by atoms with Gasteiger partial charge in [-0.2, -0.15) is 0 Å². The van der Waals surface area contributed by atoms with E-state index in [0.717, 1.165) is 41.1 Å². The van der Waals surface area contributed by atoms with E-state index < -0.39 is 0 Å². The van der Waals surface area contributed by atoms with Crippen molar-refractivity contribution in [1.82, 2.24) is 25.4 Å². The van der Waals surface area contributed by atoms with Gasteiger partial charge in [-0.3, -0.25) is 0 Å². The first-order valence-corrected chi connectivity index (χ1v) is 8.13.